The molecule has 0 bridgehead atoms. The lowest BCUT2D eigenvalue weighted by atomic mass is 10.1. The first-order valence-electron chi connectivity index (χ1n) is 6.39. The molecule has 1 heterocycles. The van der Waals surface area contributed by atoms with Crippen molar-refractivity contribution in [2.45, 2.75) is 13.3 Å². The summed E-state index contributed by atoms with van der Waals surface area (Å²) in [5.41, 5.74) is -0.493. The summed E-state index contributed by atoms with van der Waals surface area (Å²) < 4.78 is 13.6. The Hall–Kier alpha value is -2.18. The Morgan fingerprint density at radius 2 is 2.25 bits per heavy atom. The summed E-state index contributed by atoms with van der Waals surface area (Å²) >= 11 is 0. The van der Waals surface area contributed by atoms with E-state index in [2.05, 4.69) is 5.32 Å². The molecule has 0 saturated carbocycles. The maximum atomic E-state index is 13.6. The Morgan fingerprint density at radius 3 is 2.75 bits per heavy atom. The lowest BCUT2D eigenvalue weighted by Crippen LogP contribution is -2.29. The largest absolute Gasteiger partial charge is 0.386 e. The second-order valence-corrected chi connectivity index (χ2v) is 5.00. The first-order valence-corrected chi connectivity index (χ1v) is 6.39. The molecule has 108 valence electrons. The van der Waals surface area contributed by atoms with E-state index in [1.165, 1.54) is 13.1 Å². The maximum Gasteiger partial charge on any atom is 0.285 e. The topological polar surface area (TPSA) is 75.5 Å². The molecule has 2 rings (SSSR count). The summed E-state index contributed by atoms with van der Waals surface area (Å²) in [4.78, 5) is 24.2. The summed E-state index contributed by atoms with van der Waals surface area (Å²) in [6, 6.07) is 2.00. The van der Waals surface area contributed by atoms with Crippen molar-refractivity contribution in [1.29, 1.82) is 0 Å². The fraction of sp³-hybridized carbons (Fsp3) is 0.462. The molecule has 1 aliphatic heterocycles. The number of nitro benzene ring substituents is 1. The Balaban J connectivity index is 2.43. The van der Waals surface area contributed by atoms with Crippen LogP contribution in [0.5, 0.6) is 0 Å². The van der Waals surface area contributed by atoms with Gasteiger partial charge >= 0.3 is 0 Å². The number of amides is 1. The van der Waals surface area contributed by atoms with Gasteiger partial charge in [0.25, 0.3) is 11.6 Å². The number of rotatable bonds is 3. The van der Waals surface area contributed by atoms with Crippen molar-refractivity contribution in [3.63, 3.8) is 0 Å². The first kappa shape index (κ1) is 14.2. The zero-order chi connectivity index (χ0) is 14.9. The van der Waals surface area contributed by atoms with E-state index in [1.807, 2.05) is 6.92 Å². The second-order valence-electron chi connectivity index (χ2n) is 5.00. The third kappa shape index (κ3) is 2.56. The standard InChI is InChI=1S/C13H16FN3O3/c1-8-3-4-16(7-8)13(18)9-5-11(15-2)10(14)6-12(9)17(19)20/h5-6,8,15H,3-4,7H2,1-2H3. The molecule has 7 heteroatoms. The minimum atomic E-state index is -0.745. The average Bonchev–Trinajstić information content (AvgIpc) is 2.84. The highest BCUT2D eigenvalue weighted by Gasteiger charge is 2.30. The fourth-order valence-corrected chi connectivity index (χ4v) is 2.37. The highest BCUT2D eigenvalue weighted by molar-refractivity contribution is 5.99. The minimum Gasteiger partial charge on any atom is -0.386 e. The number of carbonyl (C=O) groups excluding carboxylic acids is 1. The van der Waals surface area contributed by atoms with Crippen molar-refractivity contribution < 1.29 is 14.1 Å². The van der Waals surface area contributed by atoms with E-state index in [1.54, 1.807) is 4.90 Å². The molecule has 1 aromatic carbocycles. The van der Waals surface area contributed by atoms with Crippen LogP contribution in [0.3, 0.4) is 0 Å². The maximum absolute atomic E-state index is 13.6. The van der Waals surface area contributed by atoms with E-state index in [4.69, 9.17) is 0 Å². The third-order valence-electron chi connectivity index (χ3n) is 3.49. The lowest BCUT2D eigenvalue weighted by Gasteiger charge is -2.16. The van der Waals surface area contributed by atoms with Gasteiger partial charge in [-0.05, 0) is 18.4 Å². The van der Waals surface area contributed by atoms with E-state index < -0.39 is 22.3 Å². The third-order valence-corrected chi connectivity index (χ3v) is 3.49. The predicted molar refractivity (Wildman–Crippen MR) is 72.3 cm³/mol. The predicted octanol–water partition coefficient (Wildman–Crippen LogP) is 2.26. The van der Waals surface area contributed by atoms with Gasteiger partial charge in [-0.15, -0.1) is 0 Å². The number of carbonyl (C=O) groups is 1. The number of nitrogens with one attached hydrogen (secondary N) is 1. The zero-order valence-electron chi connectivity index (χ0n) is 11.4. The minimum absolute atomic E-state index is 0.0742. The Morgan fingerprint density at radius 1 is 1.55 bits per heavy atom. The van der Waals surface area contributed by atoms with Gasteiger partial charge in [0.1, 0.15) is 5.56 Å². The summed E-state index contributed by atoms with van der Waals surface area (Å²) in [5, 5.41) is 13.6. The van der Waals surface area contributed by atoms with E-state index in [0.717, 1.165) is 12.5 Å². The summed E-state index contributed by atoms with van der Waals surface area (Å²) in [5.74, 6) is -0.787. The molecule has 1 unspecified atom stereocenters. The number of benzene rings is 1. The van der Waals surface area contributed by atoms with Crippen molar-refractivity contribution in [2.24, 2.45) is 5.92 Å². The molecule has 1 N–H and O–H groups in total. The number of halogens is 1. The first-order chi connectivity index (χ1) is 9.43. The number of hydrogen-bond donors (Lipinski definition) is 1. The molecule has 0 aromatic heterocycles. The van der Waals surface area contributed by atoms with Crippen LogP contribution in [0.15, 0.2) is 12.1 Å². The van der Waals surface area contributed by atoms with Gasteiger partial charge in [-0.25, -0.2) is 4.39 Å². The zero-order valence-corrected chi connectivity index (χ0v) is 11.4. The van der Waals surface area contributed by atoms with Crippen LogP contribution >= 0.6 is 0 Å². The van der Waals surface area contributed by atoms with Gasteiger partial charge in [0.2, 0.25) is 0 Å². The SMILES string of the molecule is CNc1cc(C(=O)N2CCC(C)C2)c([N+](=O)[O-])cc1F. The quantitative estimate of drug-likeness (QED) is 0.681. The van der Waals surface area contributed by atoms with E-state index in [9.17, 15) is 19.3 Å². The summed E-state index contributed by atoms with van der Waals surface area (Å²) in [6.07, 6.45) is 0.875. The van der Waals surface area contributed by atoms with Gasteiger partial charge in [-0.2, -0.15) is 0 Å². The normalized spacial score (nSPS) is 18.1. The number of likely N-dealkylation sites (tertiary alicyclic amines) is 1. The van der Waals surface area contributed by atoms with Crippen molar-refractivity contribution in [2.75, 3.05) is 25.5 Å². The fourth-order valence-electron chi connectivity index (χ4n) is 2.37. The number of hydrogen-bond acceptors (Lipinski definition) is 4. The van der Waals surface area contributed by atoms with Crippen LogP contribution in [0.1, 0.15) is 23.7 Å². The van der Waals surface area contributed by atoms with Gasteiger partial charge in [-0.1, -0.05) is 6.92 Å². The van der Waals surface area contributed by atoms with E-state index >= 15 is 0 Å². The molecule has 0 aliphatic carbocycles. The molecule has 1 atom stereocenters. The van der Waals surface area contributed by atoms with Crippen molar-refractivity contribution in [1.82, 2.24) is 4.90 Å². The van der Waals surface area contributed by atoms with Crippen LogP contribution in [0.25, 0.3) is 0 Å². The number of nitrogens with zero attached hydrogens (tertiary/aromatic N) is 2. The molecule has 1 aromatic rings. The van der Waals surface area contributed by atoms with Crippen molar-refractivity contribution in [3.8, 4) is 0 Å². The van der Waals surface area contributed by atoms with Gasteiger partial charge in [0, 0.05) is 20.1 Å². The summed E-state index contributed by atoms with van der Waals surface area (Å²) in [6.45, 7) is 3.16. The summed E-state index contributed by atoms with van der Waals surface area (Å²) in [7, 11) is 1.50. The molecule has 6 nitrogen and oxygen atoms in total. The lowest BCUT2D eigenvalue weighted by molar-refractivity contribution is -0.385. The molecule has 20 heavy (non-hydrogen) atoms. The van der Waals surface area contributed by atoms with Crippen LogP contribution in [0.2, 0.25) is 0 Å². The second kappa shape index (κ2) is 5.44. The van der Waals surface area contributed by atoms with Gasteiger partial charge in [-0.3, -0.25) is 14.9 Å². The van der Waals surface area contributed by atoms with Crippen LogP contribution in [0.4, 0.5) is 15.8 Å². The van der Waals surface area contributed by atoms with Crippen LogP contribution < -0.4 is 5.32 Å². The van der Waals surface area contributed by atoms with Crippen LogP contribution in [-0.4, -0.2) is 35.9 Å². The average molecular weight is 281 g/mol. The molecule has 1 fully saturated rings. The molecule has 0 spiro atoms. The van der Waals surface area contributed by atoms with Crippen molar-refractivity contribution in [3.05, 3.63) is 33.6 Å². The Kier molecular flexibility index (Phi) is 3.87. The monoisotopic (exact) mass is 281 g/mol. The van der Waals surface area contributed by atoms with Gasteiger partial charge in [0.15, 0.2) is 5.82 Å². The molecule has 1 saturated heterocycles. The van der Waals surface area contributed by atoms with Crippen molar-refractivity contribution >= 4 is 17.3 Å². The highest BCUT2D eigenvalue weighted by Crippen LogP contribution is 2.28. The smallest absolute Gasteiger partial charge is 0.285 e. The molecule has 0 radical (unpaired) electrons. The Labute approximate surface area is 115 Å². The number of nitro groups is 1. The van der Waals surface area contributed by atoms with Gasteiger partial charge in [0.05, 0.1) is 16.7 Å². The van der Waals surface area contributed by atoms with E-state index in [-0.39, 0.29) is 11.3 Å². The van der Waals surface area contributed by atoms with Crippen LogP contribution in [0, 0.1) is 21.8 Å². The molecule has 1 amide bonds. The van der Waals surface area contributed by atoms with Crippen LogP contribution in [-0.2, 0) is 0 Å². The number of anilines is 1. The molecular weight excluding hydrogens is 265 g/mol. The Bertz CT molecular complexity index is 562. The van der Waals surface area contributed by atoms with Gasteiger partial charge < -0.3 is 10.2 Å². The molecule has 1 aliphatic rings. The van der Waals surface area contributed by atoms with E-state index in [0.29, 0.717) is 19.0 Å². The molecular formula is C13H16FN3O3. The highest BCUT2D eigenvalue weighted by atomic mass is 19.1.